The Labute approximate surface area is 223 Å². The first-order valence-electron chi connectivity index (χ1n) is 11.6. The first-order valence-corrected chi connectivity index (χ1v) is 14.2. The van der Waals surface area contributed by atoms with Crippen LogP contribution >= 0.6 is 23.2 Å². The van der Waals surface area contributed by atoms with Gasteiger partial charge in [-0.15, -0.1) is 0 Å². The smallest absolute Gasteiger partial charge is 0.244 e. The monoisotopic (exact) mass is 557 g/mol. The lowest BCUT2D eigenvalue weighted by Crippen LogP contribution is -2.53. The van der Waals surface area contributed by atoms with Crippen LogP contribution in [0, 0.1) is 0 Å². The van der Waals surface area contributed by atoms with Crippen LogP contribution in [-0.2, 0) is 26.2 Å². The summed E-state index contributed by atoms with van der Waals surface area (Å²) in [6, 6.07) is 10.5. The van der Waals surface area contributed by atoms with Gasteiger partial charge in [-0.25, -0.2) is 8.42 Å². The summed E-state index contributed by atoms with van der Waals surface area (Å²) >= 11 is 12.2. The Bertz CT molecular complexity index is 1160. The predicted molar refractivity (Wildman–Crippen MR) is 144 cm³/mol. The first-order chi connectivity index (χ1) is 16.9. The first kappa shape index (κ1) is 29.7. The van der Waals surface area contributed by atoms with Gasteiger partial charge in [-0.1, -0.05) is 49.2 Å². The molecule has 0 aliphatic carbocycles. The molecule has 0 saturated carbocycles. The van der Waals surface area contributed by atoms with Crippen molar-refractivity contribution in [2.24, 2.45) is 0 Å². The minimum Gasteiger partial charge on any atom is -0.497 e. The molecule has 0 aromatic heterocycles. The molecule has 1 N–H and O–H groups in total. The third kappa shape index (κ3) is 8.28. The Balaban J connectivity index is 2.49. The minimum atomic E-state index is -3.89. The number of carbonyl (C=O) groups excluding carboxylic acids is 2. The molecule has 0 bridgehead atoms. The molecular formula is C25H33Cl2N3O5S. The van der Waals surface area contributed by atoms with E-state index in [0.717, 1.165) is 22.5 Å². The summed E-state index contributed by atoms with van der Waals surface area (Å²) in [7, 11) is -2.35. The van der Waals surface area contributed by atoms with Gasteiger partial charge in [0, 0.05) is 22.6 Å². The van der Waals surface area contributed by atoms with Gasteiger partial charge in [-0.2, -0.15) is 0 Å². The van der Waals surface area contributed by atoms with Crippen molar-refractivity contribution in [3.05, 3.63) is 58.1 Å². The molecule has 36 heavy (non-hydrogen) atoms. The van der Waals surface area contributed by atoms with Crippen molar-refractivity contribution in [3.8, 4) is 5.75 Å². The number of methoxy groups -OCH3 is 1. The summed E-state index contributed by atoms with van der Waals surface area (Å²) in [5.41, 5.74) is 0.885. The zero-order valence-electron chi connectivity index (χ0n) is 21.1. The number of anilines is 1. The lowest BCUT2D eigenvalue weighted by molar-refractivity contribution is -0.140. The number of halogens is 2. The molecule has 0 spiro atoms. The van der Waals surface area contributed by atoms with Gasteiger partial charge in [0.15, 0.2) is 0 Å². The van der Waals surface area contributed by atoms with Crippen molar-refractivity contribution in [2.45, 2.75) is 52.2 Å². The summed E-state index contributed by atoms with van der Waals surface area (Å²) in [5, 5.41) is 3.39. The molecule has 0 saturated heterocycles. The van der Waals surface area contributed by atoms with Gasteiger partial charge in [-0.05, 0) is 55.7 Å². The average molecular weight is 559 g/mol. The van der Waals surface area contributed by atoms with E-state index in [4.69, 9.17) is 27.9 Å². The fourth-order valence-corrected chi connectivity index (χ4v) is 4.97. The SMILES string of the molecule is CC[C@H](C(=O)N[C@@H](C)CC)N(Cc1cccc(OC)c1)C(=O)CN(c1cc(Cl)cc(Cl)c1)S(C)(=O)=O. The van der Waals surface area contributed by atoms with Crippen molar-refractivity contribution in [3.63, 3.8) is 0 Å². The lowest BCUT2D eigenvalue weighted by Gasteiger charge is -2.33. The Hall–Kier alpha value is -2.49. The molecular weight excluding hydrogens is 525 g/mol. The summed E-state index contributed by atoms with van der Waals surface area (Å²) in [6.07, 6.45) is 2.05. The molecule has 8 nitrogen and oxygen atoms in total. The minimum absolute atomic E-state index is 0.0797. The van der Waals surface area contributed by atoms with Crippen molar-refractivity contribution in [1.29, 1.82) is 0 Å². The van der Waals surface area contributed by atoms with Crippen LogP contribution in [0.4, 0.5) is 5.69 Å². The highest BCUT2D eigenvalue weighted by Gasteiger charge is 2.32. The van der Waals surface area contributed by atoms with E-state index in [1.807, 2.05) is 19.9 Å². The van der Waals surface area contributed by atoms with Crippen molar-refractivity contribution in [1.82, 2.24) is 10.2 Å². The molecule has 0 fully saturated rings. The molecule has 0 heterocycles. The number of hydrogen-bond donors (Lipinski definition) is 1. The van der Waals surface area contributed by atoms with E-state index in [0.29, 0.717) is 12.2 Å². The quantitative estimate of drug-likeness (QED) is 0.414. The highest BCUT2D eigenvalue weighted by Crippen LogP contribution is 2.27. The fourth-order valence-electron chi connectivity index (χ4n) is 3.63. The third-order valence-corrected chi connectivity index (χ3v) is 7.27. The highest BCUT2D eigenvalue weighted by atomic mass is 35.5. The summed E-state index contributed by atoms with van der Waals surface area (Å²) < 4.78 is 31.6. The van der Waals surface area contributed by atoms with Gasteiger partial charge in [0.25, 0.3) is 0 Å². The molecule has 0 radical (unpaired) electrons. The Morgan fingerprint density at radius 1 is 1.06 bits per heavy atom. The molecule has 11 heteroatoms. The molecule has 2 aromatic carbocycles. The number of amides is 2. The summed E-state index contributed by atoms with van der Waals surface area (Å²) in [4.78, 5) is 28.3. The molecule has 0 aliphatic rings. The number of benzene rings is 2. The molecule has 0 unspecified atom stereocenters. The van der Waals surface area contributed by atoms with E-state index in [2.05, 4.69) is 5.32 Å². The van der Waals surface area contributed by atoms with Crippen LogP contribution in [-0.4, -0.2) is 57.1 Å². The van der Waals surface area contributed by atoms with Gasteiger partial charge < -0.3 is 15.0 Å². The van der Waals surface area contributed by atoms with Gasteiger partial charge in [-0.3, -0.25) is 13.9 Å². The van der Waals surface area contributed by atoms with Crippen LogP contribution in [0.1, 0.15) is 39.2 Å². The number of carbonyl (C=O) groups is 2. The molecule has 0 aliphatic heterocycles. The van der Waals surface area contributed by atoms with Crippen LogP contribution in [0.5, 0.6) is 5.75 Å². The zero-order chi connectivity index (χ0) is 27.0. The van der Waals surface area contributed by atoms with E-state index >= 15 is 0 Å². The Morgan fingerprint density at radius 2 is 1.69 bits per heavy atom. The molecule has 2 amide bonds. The van der Waals surface area contributed by atoms with Gasteiger partial charge >= 0.3 is 0 Å². The predicted octanol–water partition coefficient (Wildman–Crippen LogP) is 4.49. The van der Waals surface area contributed by atoms with Gasteiger partial charge in [0.2, 0.25) is 21.8 Å². The Morgan fingerprint density at radius 3 is 2.22 bits per heavy atom. The maximum Gasteiger partial charge on any atom is 0.244 e. The largest absolute Gasteiger partial charge is 0.497 e. The van der Waals surface area contributed by atoms with Crippen LogP contribution in [0.2, 0.25) is 10.0 Å². The molecule has 2 rings (SSSR count). The van der Waals surface area contributed by atoms with Crippen molar-refractivity contribution < 1.29 is 22.7 Å². The van der Waals surface area contributed by atoms with Gasteiger partial charge in [0.05, 0.1) is 19.1 Å². The second-order valence-electron chi connectivity index (χ2n) is 8.51. The lowest BCUT2D eigenvalue weighted by atomic mass is 10.1. The van der Waals surface area contributed by atoms with Crippen LogP contribution < -0.4 is 14.4 Å². The third-order valence-electron chi connectivity index (χ3n) is 5.69. The second kappa shape index (κ2) is 13.2. The van der Waals surface area contributed by atoms with E-state index in [9.17, 15) is 18.0 Å². The number of nitrogens with zero attached hydrogens (tertiary/aromatic N) is 2. The van der Waals surface area contributed by atoms with Crippen molar-refractivity contribution in [2.75, 3.05) is 24.2 Å². The van der Waals surface area contributed by atoms with Gasteiger partial charge in [0.1, 0.15) is 18.3 Å². The summed E-state index contributed by atoms with van der Waals surface area (Å²) in [6.45, 7) is 5.18. The number of nitrogens with one attached hydrogen (secondary N) is 1. The van der Waals surface area contributed by atoms with E-state index in [1.54, 1.807) is 25.1 Å². The number of rotatable bonds is 12. The van der Waals surface area contributed by atoms with Crippen molar-refractivity contribution >= 4 is 50.7 Å². The standard InChI is InChI=1S/C25H33Cl2N3O5S/c1-6-17(3)28-25(32)23(7-2)29(15-18-9-8-10-22(11-18)35-4)24(31)16-30(36(5,33)34)21-13-19(26)12-20(27)14-21/h8-14,17,23H,6-7,15-16H2,1-5H3,(H,28,32)/t17-,23+/m0/s1. The normalized spacial score (nSPS) is 13.0. The van der Waals surface area contributed by atoms with E-state index in [-0.39, 0.29) is 34.2 Å². The molecule has 198 valence electrons. The molecule has 2 aromatic rings. The topological polar surface area (TPSA) is 96.0 Å². The summed E-state index contributed by atoms with van der Waals surface area (Å²) in [5.74, 6) is -0.256. The number of sulfonamides is 1. The maximum absolute atomic E-state index is 13.7. The maximum atomic E-state index is 13.7. The number of hydrogen-bond acceptors (Lipinski definition) is 5. The van der Waals surface area contributed by atoms with E-state index < -0.39 is 28.5 Å². The Kier molecular flexibility index (Phi) is 10.9. The highest BCUT2D eigenvalue weighted by molar-refractivity contribution is 7.92. The second-order valence-corrected chi connectivity index (χ2v) is 11.3. The van der Waals surface area contributed by atoms with Crippen LogP contribution in [0.25, 0.3) is 0 Å². The average Bonchev–Trinajstić information content (AvgIpc) is 2.80. The zero-order valence-corrected chi connectivity index (χ0v) is 23.5. The van der Waals surface area contributed by atoms with Crippen LogP contribution in [0.3, 0.4) is 0 Å². The fraction of sp³-hybridized carbons (Fsp3) is 0.440. The van der Waals surface area contributed by atoms with E-state index in [1.165, 1.54) is 30.2 Å². The van der Waals surface area contributed by atoms with Crippen LogP contribution in [0.15, 0.2) is 42.5 Å². The number of ether oxygens (including phenoxy) is 1. The molecule has 2 atom stereocenters.